The summed E-state index contributed by atoms with van der Waals surface area (Å²) in [6.45, 7) is 6.00. The molecule has 0 saturated carbocycles. The Labute approximate surface area is 108 Å². The van der Waals surface area contributed by atoms with Gasteiger partial charge in [-0.3, -0.25) is 0 Å². The van der Waals surface area contributed by atoms with Crippen molar-refractivity contribution in [2.75, 3.05) is 0 Å². The summed E-state index contributed by atoms with van der Waals surface area (Å²) in [6.07, 6.45) is 1.82. The van der Waals surface area contributed by atoms with Crippen molar-refractivity contribution in [2.24, 2.45) is 5.73 Å². The summed E-state index contributed by atoms with van der Waals surface area (Å²) in [4.78, 5) is 0. The van der Waals surface area contributed by atoms with Crippen molar-refractivity contribution in [3.63, 3.8) is 0 Å². The lowest BCUT2D eigenvalue weighted by Gasteiger charge is -2.14. The molecule has 0 amide bonds. The number of hydrogen-bond acceptors (Lipinski definition) is 3. The molecule has 96 valence electrons. The van der Waals surface area contributed by atoms with Gasteiger partial charge in [-0.15, -0.1) is 0 Å². The maximum Gasteiger partial charge on any atom is 0.127 e. The van der Waals surface area contributed by atoms with Crippen molar-refractivity contribution in [1.29, 1.82) is 0 Å². The normalized spacial score (nSPS) is 12.7. The Balaban J connectivity index is 2.25. The molecule has 0 aliphatic rings. The second kappa shape index (κ2) is 5.27. The molecule has 0 aliphatic heterocycles. The molecule has 0 spiro atoms. The van der Waals surface area contributed by atoms with Crippen LogP contribution in [0.25, 0.3) is 0 Å². The summed E-state index contributed by atoms with van der Waals surface area (Å²) in [7, 11) is 0. The average Bonchev–Trinajstić information content (AvgIpc) is 2.74. The van der Waals surface area contributed by atoms with Crippen LogP contribution >= 0.6 is 0 Å². The molecule has 0 bridgehead atoms. The second-order valence-electron chi connectivity index (χ2n) is 4.68. The van der Waals surface area contributed by atoms with Crippen molar-refractivity contribution in [3.8, 4) is 5.75 Å². The summed E-state index contributed by atoms with van der Waals surface area (Å²) in [5.41, 5.74) is 8.27. The van der Waals surface area contributed by atoms with Crippen LogP contribution in [0.4, 0.5) is 0 Å². The van der Waals surface area contributed by atoms with Gasteiger partial charge in [0.05, 0.1) is 18.4 Å². The van der Waals surface area contributed by atoms with E-state index >= 15 is 0 Å². The molecule has 0 radical (unpaired) electrons. The van der Waals surface area contributed by atoms with Gasteiger partial charge in [0.2, 0.25) is 0 Å². The monoisotopic (exact) mass is 245 g/mol. The first kappa shape index (κ1) is 12.7. The predicted molar refractivity (Wildman–Crippen MR) is 71.7 cm³/mol. The molecule has 2 rings (SSSR count). The number of nitrogens with two attached hydrogens (primary N) is 1. The fraction of sp³-hybridized carbons (Fsp3) is 0.333. The van der Waals surface area contributed by atoms with E-state index in [1.807, 2.05) is 51.1 Å². The van der Waals surface area contributed by atoms with Crippen molar-refractivity contribution in [1.82, 2.24) is 0 Å². The minimum Gasteiger partial charge on any atom is -0.491 e. The van der Waals surface area contributed by atoms with E-state index in [9.17, 15) is 0 Å². The van der Waals surface area contributed by atoms with Crippen LogP contribution in [0, 0.1) is 6.92 Å². The topological polar surface area (TPSA) is 48.4 Å². The van der Waals surface area contributed by atoms with E-state index in [0.717, 1.165) is 22.6 Å². The molecule has 1 aromatic carbocycles. The van der Waals surface area contributed by atoms with Gasteiger partial charge in [0.25, 0.3) is 0 Å². The highest BCUT2D eigenvalue weighted by molar-refractivity contribution is 5.35. The highest BCUT2D eigenvalue weighted by Gasteiger charge is 2.15. The Morgan fingerprint density at radius 3 is 2.61 bits per heavy atom. The number of benzene rings is 1. The SMILES string of the molecule is Cc1ccoc1C(N)c1cccc(OC(C)C)c1. The third kappa shape index (κ3) is 2.74. The lowest BCUT2D eigenvalue weighted by atomic mass is 10.0. The smallest absolute Gasteiger partial charge is 0.127 e. The van der Waals surface area contributed by atoms with Gasteiger partial charge in [0.1, 0.15) is 11.5 Å². The van der Waals surface area contributed by atoms with Crippen molar-refractivity contribution in [3.05, 3.63) is 53.5 Å². The number of hydrogen-bond donors (Lipinski definition) is 1. The van der Waals surface area contributed by atoms with E-state index in [-0.39, 0.29) is 12.1 Å². The maximum absolute atomic E-state index is 6.21. The summed E-state index contributed by atoms with van der Waals surface area (Å²) < 4.78 is 11.1. The molecule has 3 heteroatoms. The Kier molecular flexibility index (Phi) is 3.72. The van der Waals surface area contributed by atoms with Crippen molar-refractivity contribution >= 4 is 0 Å². The highest BCUT2D eigenvalue weighted by atomic mass is 16.5. The van der Waals surface area contributed by atoms with Crippen LogP contribution in [-0.2, 0) is 0 Å². The molecule has 0 saturated heterocycles. The zero-order valence-corrected chi connectivity index (χ0v) is 11.0. The molecule has 0 fully saturated rings. The standard InChI is InChI=1S/C15H19NO2/c1-10(2)18-13-6-4-5-12(9-13)14(16)15-11(3)7-8-17-15/h4-10,14H,16H2,1-3H3. The van der Waals surface area contributed by atoms with Gasteiger partial charge >= 0.3 is 0 Å². The zero-order chi connectivity index (χ0) is 13.1. The molecular weight excluding hydrogens is 226 g/mol. The third-order valence-corrected chi connectivity index (χ3v) is 2.77. The van der Waals surface area contributed by atoms with E-state index in [1.54, 1.807) is 6.26 Å². The van der Waals surface area contributed by atoms with Gasteiger partial charge in [0, 0.05) is 0 Å². The Morgan fingerprint density at radius 1 is 1.22 bits per heavy atom. The minimum atomic E-state index is -0.254. The number of aryl methyl sites for hydroxylation is 1. The van der Waals surface area contributed by atoms with Gasteiger partial charge in [0.15, 0.2) is 0 Å². The molecule has 1 heterocycles. The van der Waals surface area contributed by atoms with Crippen LogP contribution in [0.1, 0.15) is 36.8 Å². The summed E-state index contributed by atoms with van der Waals surface area (Å²) in [5.74, 6) is 1.64. The fourth-order valence-corrected chi connectivity index (χ4v) is 1.91. The first-order valence-electron chi connectivity index (χ1n) is 6.14. The zero-order valence-electron chi connectivity index (χ0n) is 11.0. The largest absolute Gasteiger partial charge is 0.491 e. The first-order valence-corrected chi connectivity index (χ1v) is 6.14. The molecule has 0 aliphatic carbocycles. The molecule has 18 heavy (non-hydrogen) atoms. The molecule has 1 aromatic heterocycles. The average molecular weight is 245 g/mol. The molecule has 2 aromatic rings. The van der Waals surface area contributed by atoms with Crippen LogP contribution in [0.15, 0.2) is 41.0 Å². The lowest BCUT2D eigenvalue weighted by Crippen LogP contribution is -2.13. The van der Waals surface area contributed by atoms with Crippen LogP contribution in [0.5, 0.6) is 5.75 Å². The van der Waals surface area contributed by atoms with Gasteiger partial charge in [-0.2, -0.15) is 0 Å². The Morgan fingerprint density at radius 2 is 2.00 bits per heavy atom. The van der Waals surface area contributed by atoms with Crippen LogP contribution in [0.3, 0.4) is 0 Å². The van der Waals surface area contributed by atoms with E-state index in [1.165, 1.54) is 0 Å². The number of furan rings is 1. The fourth-order valence-electron chi connectivity index (χ4n) is 1.91. The molecule has 1 atom stereocenters. The molecular formula is C15H19NO2. The third-order valence-electron chi connectivity index (χ3n) is 2.77. The lowest BCUT2D eigenvalue weighted by molar-refractivity contribution is 0.242. The minimum absolute atomic E-state index is 0.154. The van der Waals surface area contributed by atoms with Gasteiger partial charge in [-0.05, 0) is 50.1 Å². The molecule has 1 unspecified atom stereocenters. The van der Waals surface area contributed by atoms with Gasteiger partial charge in [-0.25, -0.2) is 0 Å². The van der Waals surface area contributed by atoms with Crippen LogP contribution < -0.4 is 10.5 Å². The summed E-state index contributed by atoms with van der Waals surface area (Å²) in [6, 6.07) is 9.50. The van der Waals surface area contributed by atoms with Crippen molar-refractivity contribution in [2.45, 2.75) is 32.9 Å². The van der Waals surface area contributed by atoms with Crippen molar-refractivity contribution < 1.29 is 9.15 Å². The second-order valence-corrected chi connectivity index (χ2v) is 4.68. The van der Waals surface area contributed by atoms with Crippen LogP contribution in [0.2, 0.25) is 0 Å². The Hall–Kier alpha value is -1.74. The van der Waals surface area contributed by atoms with E-state index in [4.69, 9.17) is 14.9 Å². The summed E-state index contributed by atoms with van der Waals surface area (Å²) >= 11 is 0. The molecule has 3 nitrogen and oxygen atoms in total. The first-order chi connectivity index (χ1) is 8.58. The van der Waals surface area contributed by atoms with Gasteiger partial charge < -0.3 is 14.9 Å². The maximum atomic E-state index is 6.21. The van der Waals surface area contributed by atoms with E-state index in [2.05, 4.69) is 0 Å². The number of ether oxygens (including phenoxy) is 1. The summed E-state index contributed by atoms with van der Waals surface area (Å²) in [5, 5.41) is 0. The Bertz CT molecular complexity index is 517. The van der Waals surface area contributed by atoms with Gasteiger partial charge in [-0.1, -0.05) is 12.1 Å². The quantitative estimate of drug-likeness (QED) is 0.897. The number of rotatable bonds is 4. The predicted octanol–water partition coefficient (Wildman–Crippen LogP) is 3.42. The van der Waals surface area contributed by atoms with E-state index < -0.39 is 0 Å². The molecule has 2 N–H and O–H groups in total. The highest BCUT2D eigenvalue weighted by Crippen LogP contribution is 2.26. The van der Waals surface area contributed by atoms with Crippen LogP contribution in [-0.4, -0.2) is 6.10 Å². The van der Waals surface area contributed by atoms with E-state index in [0.29, 0.717) is 0 Å².